The van der Waals surface area contributed by atoms with Gasteiger partial charge in [0, 0.05) is 36.5 Å². The van der Waals surface area contributed by atoms with Crippen molar-refractivity contribution < 1.29 is 18.7 Å². The number of hydrogen-bond acceptors (Lipinski definition) is 3. The fourth-order valence-corrected chi connectivity index (χ4v) is 4.08. The van der Waals surface area contributed by atoms with Gasteiger partial charge in [0.15, 0.2) is 0 Å². The van der Waals surface area contributed by atoms with Crippen LogP contribution in [0.3, 0.4) is 0 Å². The molecule has 0 aliphatic carbocycles. The summed E-state index contributed by atoms with van der Waals surface area (Å²) >= 11 is 5.91. The van der Waals surface area contributed by atoms with Gasteiger partial charge in [0.2, 0.25) is 11.8 Å². The van der Waals surface area contributed by atoms with Crippen LogP contribution in [0, 0.1) is 5.82 Å². The SMILES string of the molecule is CCCCNC(=O)[C@@H](Cc1ccccc1)N(Cc1ccccc1F)C(=O)CCCOc1ccc(Cl)cc1. The second-order valence-electron chi connectivity index (χ2n) is 8.87. The van der Waals surface area contributed by atoms with E-state index < -0.39 is 11.9 Å². The average Bonchev–Trinajstić information content (AvgIpc) is 2.91. The second kappa shape index (κ2) is 15.0. The molecule has 3 rings (SSSR count). The van der Waals surface area contributed by atoms with Crippen molar-refractivity contribution in [3.8, 4) is 5.75 Å². The lowest BCUT2D eigenvalue weighted by Gasteiger charge is -2.32. The molecule has 0 saturated heterocycles. The molecule has 0 fully saturated rings. The van der Waals surface area contributed by atoms with Crippen LogP contribution >= 0.6 is 11.6 Å². The first kappa shape index (κ1) is 28.2. The third kappa shape index (κ3) is 9.21. The molecule has 3 aromatic rings. The number of nitrogens with one attached hydrogen (secondary N) is 1. The highest BCUT2D eigenvalue weighted by Gasteiger charge is 2.30. The number of hydrogen-bond donors (Lipinski definition) is 1. The molecule has 0 aromatic heterocycles. The molecule has 196 valence electrons. The van der Waals surface area contributed by atoms with Crippen molar-refractivity contribution in [1.82, 2.24) is 10.2 Å². The van der Waals surface area contributed by atoms with Crippen molar-refractivity contribution in [1.29, 1.82) is 0 Å². The van der Waals surface area contributed by atoms with Crippen molar-refractivity contribution in [2.75, 3.05) is 13.2 Å². The Bertz CT molecular complexity index is 1130. The van der Waals surface area contributed by atoms with E-state index in [0.717, 1.165) is 18.4 Å². The van der Waals surface area contributed by atoms with Gasteiger partial charge in [-0.2, -0.15) is 0 Å². The molecule has 0 radical (unpaired) electrons. The number of rotatable bonds is 14. The highest BCUT2D eigenvalue weighted by molar-refractivity contribution is 6.30. The molecule has 37 heavy (non-hydrogen) atoms. The molecule has 0 bridgehead atoms. The summed E-state index contributed by atoms with van der Waals surface area (Å²) in [6.07, 6.45) is 2.72. The van der Waals surface area contributed by atoms with E-state index in [1.165, 1.54) is 11.0 Å². The van der Waals surface area contributed by atoms with Crippen molar-refractivity contribution >= 4 is 23.4 Å². The molecular formula is C30H34ClFN2O3. The predicted molar refractivity (Wildman–Crippen MR) is 145 cm³/mol. The third-order valence-corrected chi connectivity index (χ3v) is 6.27. The zero-order valence-corrected chi connectivity index (χ0v) is 21.9. The highest BCUT2D eigenvalue weighted by Crippen LogP contribution is 2.19. The molecule has 0 unspecified atom stereocenters. The van der Waals surface area contributed by atoms with Gasteiger partial charge in [0.05, 0.1) is 6.61 Å². The van der Waals surface area contributed by atoms with Gasteiger partial charge in [-0.15, -0.1) is 0 Å². The summed E-state index contributed by atoms with van der Waals surface area (Å²) in [4.78, 5) is 28.4. The summed E-state index contributed by atoms with van der Waals surface area (Å²) in [5, 5.41) is 3.59. The molecule has 0 aliphatic heterocycles. The van der Waals surface area contributed by atoms with Crippen LogP contribution in [0.2, 0.25) is 5.02 Å². The number of carbonyl (C=O) groups is 2. The zero-order valence-electron chi connectivity index (χ0n) is 21.2. The van der Waals surface area contributed by atoms with Crippen LogP contribution in [0.15, 0.2) is 78.9 Å². The van der Waals surface area contributed by atoms with Crippen molar-refractivity contribution in [2.45, 2.75) is 51.6 Å². The average molecular weight is 525 g/mol. The summed E-state index contributed by atoms with van der Waals surface area (Å²) < 4.78 is 20.3. The topological polar surface area (TPSA) is 58.6 Å². The molecule has 7 heteroatoms. The fraction of sp³-hybridized carbons (Fsp3) is 0.333. The van der Waals surface area contributed by atoms with Crippen LogP contribution in [0.5, 0.6) is 5.75 Å². The summed E-state index contributed by atoms with van der Waals surface area (Å²) in [7, 11) is 0. The van der Waals surface area contributed by atoms with Crippen molar-refractivity contribution in [2.24, 2.45) is 0 Å². The number of amides is 2. The lowest BCUT2D eigenvalue weighted by Crippen LogP contribution is -2.50. The molecule has 0 saturated carbocycles. The second-order valence-corrected chi connectivity index (χ2v) is 9.31. The lowest BCUT2D eigenvalue weighted by atomic mass is 10.0. The Morgan fingerprint density at radius 2 is 1.68 bits per heavy atom. The molecule has 3 aromatic carbocycles. The minimum Gasteiger partial charge on any atom is -0.494 e. The smallest absolute Gasteiger partial charge is 0.243 e. The monoisotopic (exact) mass is 524 g/mol. The quantitative estimate of drug-likeness (QED) is 0.256. The Labute approximate surface area is 223 Å². The zero-order chi connectivity index (χ0) is 26.5. The van der Waals surface area contributed by atoms with E-state index in [1.54, 1.807) is 42.5 Å². The minimum absolute atomic E-state index is 0.00223. The minimum atomic E-state index is -0.774. The molecule has 0 heterocycles. The number of unbranched alkanes of at least 4 members (excludes halogenated alkanes) is 1. The van der Waals surface area contributed by atoms with E-state index in [4.69, 9.17) is 16.3 Å². The van der Waals surface area contributed by atoms with Crippen LogP contribution in [-0.4, -0.2) is 35.9 Å². The lowest BCUT2D eigenvalue weighted by molar-refractivity contribution is -0.141. The molecule has 0 aliphatic rings. The summed E-state index contributed by atoms with van der Waals surface area (Å²) in [5.74, 6) is -0.206. The fourth-order valence-electron chi connectivity index (χ4n) is 3.96. The number of halogens is 2. The maximum absolute atomic E-state index is 14.6. The molecule has 5 nitrogen and oxygen atoms in total. The maximum atomic E-state index is 14.6. The Balaban J connectivity index is 1.78. The van der Waals surface area contributed by atoms with Gasteiger partial charge in [-0.1, -0.05) is 73.5 Å². The van der Waals surface area contributed by atoms with Gasteiger partial charge >= 0.3 is 0 Å². The van der Waals surface area contributed by atoms with Gasteiger partial charge < -0.3 is 15.0 Å². The number of nitrogens with zero attached hydrogens (tertiary/aromatic N) is 1. The third-order valence-electron chi connectivity index (χ3n) is 6.02. The van der Waals surface area contributed by atoms with E-state index >= 15 is 0 Å². The Morgan fingerprint density at radius 1 is 0.973 bits per heavy atom. The van der Waals surface area contributed by atoms with E-state index in [-0.39, 0.29) is 24.8 Å². The van der Waals surface area contributed by atoms with Crippen LogP contribution in [-0.2, 0) is 22.6 Å². The van der Waals surface area contributed by atoms with Crippen LogP contribution in [0.25, 0.3) is 0 Å². The van der Waals surface area contributed by atoms with Gasteiger partial charge in [-0.05, 0) is 48.7 Å². The molecule has 2 amide bonds. The first-order valence-corrected chi connectivity index (χ1v) is 13.1. The summed E-state index contributed by atoms with van der Waals surface area (Å²) in [6.45, 7) is 2.90. The van der Waals surface area contributed by atoms with Gasteiger partial charge in [0.1, 0.15) is 17.6 Å². The van der Waals surface area contributed by atoms with Crippen molar-refractivity contribution in [3.63, 3.8) is 0 Å². The highest BCUT2D eigenvalue weighted by atomic mass is 35.5. The molecular weight excluding hydrogens is 491 g/mol. The molecule has 1 atom stereocenters. The van der Waals surface area contributed by atoms with Crippen LogP contribution in [0.4, 0.5) is 4.39 Å². The predicted octanol–water partition coefficient (Wildman–Crippen LogP) is 6.19. The number of ether oxygens (including phenoxy) is 1. The van der Waals surface area contributed by atoms with E-state index in [9.17, 15) is 14.0 Å². The summed E-state index contributed by atoms with van der Waals surface area (Å²) in [6, 6.07) is 22.2. The van der Waals surface area contributed by atoms with Crippen LogP contribution in [0.1, 0.15) is 43.7 Å². The van der Waals surface area contributed by atoms with Gasteiger partial charge in [-0.25, -0.2) is 4.39 Å². The van der Waals surface area contributed by atoms with Gasteiger partial charge in [-0.3, -0.25) is 9.59 Å². The Kier molecular flexibility index (Phi) is 11.4. The number of carbonyl (C=O) groups excluding carboxylic acids is 2. The Hall–Kier alpha value is -3.38. The van der Waals surface area contributed by atoms with Gasteiger partial charge in [0.25, 0.3) is 0 Å². The Morgan fingerprint density at radius 3 is 2.38 bits per heavy atom. The van der Waals surface area contributed by atoms with E-state index in [2.05, 4.69) is 5.32 Å². The number of benzene rings is 3. The normalized spacial score (nSPS) is 11.5. The first-order chi connectivity index (χ1) is 18.0. The van der Waals surface area contributed by atoms with E-state index in [0.29, 0.717) is 42.3 Å². The molecule has 0 spiro atoms. The van der Waals surface area contributed by atoms with Crippen molar-refractivity contribution in [3.05, 3.63) is 101 Å². The summed E-state index contributed by atoms with van der Waals surface area (Å²) in [5.41, 5.74) is 1.29. The maximum Gasteiger partial charge on any atom is 0.243 e. The van der Waals surface area contributed by atoms with Crippen LogP contribution < -0.4 is 10.1 Å². The standard InChI is InChI=1S/C30H34ClFN2O3/c1-2-3-19-33-30(36)28(21-23-10-5-4-6-11-23)34(22-24-12-7-8-13-27(24)32)29(35)14-9-20-37-26-17-15-25(31)16-18-26/h4-8,10-13,15-18,28H,2-3,9,14,19-22H2,1H3,(H,33,36)/t28-/m1/s1. The first-order valence-electron chi connectivity index (χ1n) is 12.7. The van der Waals surface area contributed by atoms with E-state index in [1.807, 2.05) is 37.3 Å². The largest absolute Gasteiger partial charge is 0.494 e. The molecule has 1 N–H and O–H groups in total.